The van der Waals surface area contributed by atoms with Crippen molar-refractivity contribution < 1.29 is 5.11 Å². The Kier molecular flexibility index (Phi) is 2.84. The van der Waals surface area contributed by atoms with Gasteiger partial charge in [0.15, 0.2) is 4.90 Å². The van der Waals surface area contributed by atoms with E-state index in [1.165, 1.54) is 54.7 Å². The van der Waals surface area contributed by atoms with E-state index in [4.69, 9.17) is 0 Å². The molecule has 1 heterocycles. The van der Waals surface area contributed by atoms with Crippen LogP contribution in [0.5, 0.6) is 5.75 Å². The molecule has 1 fully saturated rings. The van der Waals surface area contributed by atoms with Crippen molar-refractivity contribution in [2.75, 3.05) is 11.5 Å². The van der Waals surface area contributed by atoms with E-state index in [-0.39, 0.29) is 0 Å². The van der Waals surface area contributed by atoms with Gasteiger partial charge in [-0.15, -0.1) is 0 Å². The predicted octanol–water partition coefficient (Wildman–Crippen LogP) is 3.04. The summed E-state index contributed by atoms with van der Waals surface area (Å²) in [4.78, 5) is 1.59. The highest BCUT2D eigenvalue weighted by atomic mass is 32.2. The van der Waals surface area contributed by atoms with Gasteiger partial charge in [-0.2, -0.15) is 0 Å². The highest BCUT2D eigenvalue weighted by Crippen LogP contribution is 2.36. The van der Waals surface area contributed by atoms with Crippen LogP contribution >= 0.6 is 0 Å². The Morgan fingerprint density at radius 2 is 1.56 bits per heavy atom. The molecular weight excluding hydrogens is 216 g/mol. The number of benzene rings is 1. The van der Waals surface area contributed by atoms with Crippen molar-refractivity contribution in [1.82, 2.24) is 0 Å². The molecule has 0 bridgehead atoms. The van der Waals surface area contributed by atoms with Crippen LogP contribution in [0.2, 0.25) is 0 Å². The van der Waals surface area contributed by atoms with Gasteiger partial charge in [0.1, 0.15) is 17.3 Å². The minimum atomic E-state index is 0.501. The minimum Gasteiger partial charge on any atom is -0.508 e. The van der Waals surface area contributed by atoms with Gasteiger partial charge in [-0.05, 0) is 50.7 Å². The summed E-state index contributed by atoms with van der Waals surface area (Å²) in [5, 5.41) is 9.93. The molecule has 0 unspecified atom stereocenters. The van der Waals surface area contributed by atoms with Crippen LogP contribution in [0.4, 0.5) is 0 Å². The monoisotopic (exact) mass is 235 g/mol. The maximum absolute atomic E-state index is 9.93. The van der Waals surface area contributed by atoms with Crippen LogP contribution in [0.25, 0.3) is 0 Å². The molecule has 16 heavy (non-hydrogen) atoms. The Labute approximate surface area is 100 Å². The fourth-order valence-corrected chi connectivity index (χ4v) is 5.54. The van der Waals surface area contributed by atoms with Gasteiger partial charge in [0.2, 0.25) is 0 Å². The van der Waals surface area contributed by atoms with Crippen LogP contribution in [-0.2, 0) is 23.7 Å². The van der Waals surface area contributed by atoms with Crippen molar-refractivity contribution in [3.05, 3.63) is 23.3 Å². The third-order valence-corrected chi connectivity index (χ3v) is 6.38. The average molecular weight is 235 g/mol. The second kappa shape index (κ2) is 4.33. The largest absolute Gasteiger partial charge is 0.508 e. The van der Waals surface area contributed by atoms with E-state index in [2.05, 4.69) is 6.07 Å². The van der Waals surface area contributed by atoms with E-state index in [9.17, 15) is 5.11 Å². The molecule has 3 rings (SSSR count). The van der Waals surface area contributed by atoms with Crippen LogP contribution in [0, 0.1) is 0 Å². The van der Waals surface area contributed by atoms with Crippen molar-refractivity contribution >= 4 is 10.9 Å². The lowest BCUT2D eigenvalue weighted by Crippen LogP contribution is -2.12. The van der Waals surface area contributed by atoms with E-state index in [1.807, 2.05) is 6.07 Å². The zero-order valence-corrected chi connectivity index (χ0v) is 10.5. The number of phenols is 1. The molecule has 86 valence electrons. The number of hydrogen-bond donors (Lipinski definition) is 1. The minimum absolute atomic E-state index is 0.501. The Balaban J connectivity index is 2.04. The molecule has 0 radical (unpaired) electrons. The van der Waals surface area contributed by atoms with Crippen LogP contribution in [0.15, 0.2) is 17.0 Å². The average Bonchev–Trinajstić information content (AvgIpc) is 2.83. The lowest BCUT2D eigenvalue weighted by atomic mass is 9.91. The maximum atomic E-state index is 9.93. The Morgan fingerprint density at radius 1 is 0.875 bits per heavy atom. The summed E-state index contributed by atoms with van der Waals surface area (Å²) in [5.74, 6) is 3.32. The molecule has 1 saturated heterocycles. The zero-order valence-electron chi connectivity index (χ0n) is 9.67. The normalized spacial score (nSPS) is 21.0. The molecule has 0 spiro atoms. The van der Waals surface area contributed by atoms with Crippen LogP contribution in [0.1, 0.15) is 36.8 Å². The van der Waals surface area contributed by atoms with Crippen molar-refractivity contribution in [2.45, 2.75) is 43.4 Å². The first-order chi connectivity index (χ1) is 7.86. The Hall–Kier alpha value is -0.630. The fraction of sp³-hybridized carbons (Fsp3) is 0.571. The first kappa shape index (κ1) is 10.5. The Morgan fingerprint density at radius 3 is 2.31 bits per heavy atom. The number of aromatic hydroxyl groups is 1. The van der Waals surface area contributed by atoms with Crippen molar-refractivity contribution in [3.63, 3.8) is 0 Å². The van der Waals surface area contributed by atoms with Gasteiger partial charge < -0.3 is 5.11 Å². The molecule has 1 aromatic rings. The number of rotatable bonds is 1. The summed E-state index contributed by atoms with van der Waals surface area (Å²) in [6.07, 6.45) is 7.64. The lowest BCUT2D eigenvalue weighted by molar-refractivity contribution is 0.460. The summed E-state index contributed by atoms with van der Waals surface area (Å²) in [6, 6.07) is 4.14. The molecule has 0 aromatic heterocycles. The molecule has 0 atom stereocenters. The summed E-state index contributed by atoms with van der Waals surface area (Å²) in [6.45, 7) is 0. The lowest BCUT2D eigenvalue weighted by Gasteiger charge is -2.18. The van der Waals surface area contributed by atoms with Crippen molar-refractivity contribution in [3.8, 4) is 5.75 Å². The molecule has 1 aliphatic carbocycles. The fourth-order valence-electron chi connectivity index (χ4n) is 2.96. The summed E-state index contributed by atoms with van der Waals surface area (Å²) in [5.41, 5.74) is 2.78. The highest BCUT2D eigenvalue weighted by Gasteiger charge is 2.31. The Bertz CT molecular complexity index is 394. The standard InChI is InChI=1S/C14H18OS/c15-13-7-8-14(16-9-3-4-10-16)12-6-2-1-5-11(12)13/h7-8H,1-6,9-10H2/p+1. The van der Waals surface area contributed by atoms with Crippen molar-refractivity contribution in [2.24, 2.45) is 0 Å². The second-order valence-corrected chi connectivity index (χ2v) is 7.10. The van der Waals surface area contributed by atoms with Gasteiger partial charge in [0.05, 0.1) is 0 Å². The van der Waals surface area contributed by atoms with Gasteiger partial charge >= 0.3 is 0 Å². The van der Waals surface area contributed by atoms with Gasteiger partial charge in [0, 0.05) is 22.0 Å². The molecule has 2 heteroatoms. The topological polar surface area (TPSA) is 20.2 Å². The van der Waals surface area contributed by atoms with E-state index in [0.717, 1.165) is 6.42 Å². The van der Waals surface area contributed by atoms with Gasteiger partial charge in [-0.25, -0.2) is 0 Å². The third-order valence-electron chi connectivity index (χ3n) is 3.81. The van der Waals surface area contributed by atoms with Crippen LogP contribution < -0.4 is 0 Å². The first-order valence-corrected chi connectivity index (χ1v) is 7.94. The molecule has 1 N–H and O–H groups in total. The first-order valence-electron chi connectivity index (χ1n) is 6.37. The molecule has 0 amide bonds. The van der Waals surface area contributed by atoms with Gasteiger partial charge in [0.25, 0.3) is 0 Å². The van der Waals surface area contributed by atoms with E-state index in [1.54, 1.807) is 4.90 Å². The molecular formula is C14H19OS+. The van der Waals surface area contributed by atoms with Crippen molar-refractivity contribution in [1.29, 1.82) is 0 Å². The summed E-state index contributed by atoms with van der Waals surface area (Å²) < 4.78 is 0. The molecule has 0 saturated carbocycles. The van der Waals surface area contributed by atoms with E-state index in [0.29, 0.717) is 16.6 Å². The number of fused-ring (bicyclic) bond motifs is 1. The maximum Gasteiger partial charge on any atom is 0.158 e. The highest BCUT2D eigenvalue weighted by molar-refractivity contribution is 7.97. The molecule has 1 nitrogen and oxygen atoms in total. The number of hydrogen-bond acceptors (Lipinski definition) is 1. The quantitative estimate of drug-likeness (QED) is 0.742. The zero-order chi connectivity index (χ0) is 11.0. The summed E-state index contributed by atoms with van der Waals surface area (Å²) >= 11 is 0. The SMILES string of the molecule is Oc1ccc([S+]2CCCC2)c2c1CCCC2. The van der Waals surface area contributed by atoms with Gasteiger partial charge in [-0.1, -0.05) is 0 Å². The third kappa shape index (κ3) is 1.73. The van der Waals surface area contributed by atoms with E-state index < -0.39 is 0 Å². The number of phenolic OH excluding ortho intramolecular Hbond substituents is 1. The molecule has 1 aromatic carbocycles. The molecule has 2 aliphatic rings. The smallest absolute Gasteiger partial charge is 0.158 e. The summed E-state index contributed by atoms with van der Waals surface area (Å²) in [7, 11) is 0.501. The molecule has 1 aliphatic heterocycles. The predicted molar refractivity (Wildman–Crippen MR) is 69.3 cm³/mol. The van der Waals surface area contributed by atoms with Gasteiger partial charge in [-0.3, -0.25) is 0 Å². The van der Waals surface area contributed by atoms with Crippen LogP contribution in [-0.4, -0.2) is 16.6 Å². The van der Waals surface area contributed by atoms with E-state index >= 15 is 0 Å². The second-order valence-electron chi connectivity index (χ2n) is 4.86. The van der Waals surface area contributed by atoms with Crippen LogP contribution in [0.3, 0.4) is 0 Å².